The molecule has 1 aliphatic carbocycles. The molecular weight excluding hydrogens is 300 g/mol. The summed E-state index contributed by atoms with van der Waals surface area (Å²) in [4.78, 5) is 11.8. The number of carbonyl (C=O) groups excluding carboxylic acids is 1. The fourth-order valence-corrected chi connectivity index (χ4v) is 3.53. The van der Waals surface area contributed by atoms with Crippen LogP contribution in [0.3, 0.4) is 0 Å². The van der Waals surface area contributed by atoms with E-state index in [0.29, 0.717) is 31.7 Å². The van der Waals surface area contributed by atoms with E-state index in [1.807, 2.05) is 12.1 Å². The topological polar surface area (TPSA) is 64.4 Å². The molecule has 0 aromatic heterocycles. The Labute approximate surface area is 136 Å². The van der Waals surface area contributed by atoms with Crippen molar-refractivity contribution < 1.29 is 9.53 Å². The second kappa shape index (κ2) is 6.57. The first-order valence-electron chi connectivity index (χ1n) is 7.96. The Morgan fingerprint density at radius 1 is 1.27 bits per heavy atom. The highest BCUT2D eigenvalue weighted by atomic mass is 35.5. The van der Waals surface area contributed by atoms with E-state index in [0.717, 1.165) is 30.7 Å². The Kier molecular flexibility index (Phi) is 4.71. The number of primary amides is 1. The van der Waals surface area contributed by atoms with Gasteiger partial charge in [-0.05, 0) is 49.3 Å². The van der Waals surface area contributed by atoms with Gasteiger partial charge < -0.3 is 15.8 Å². The zero-order chi connectivity index (χ0) is 15.6. The molecule has 4 nitrogen and oxygen atoms in total. The van der Waals surface area contributed by atoms with E-state index in [-0.39, 0.29) is 5.91 Å². The van der Waals surface area contributed by atoms with E-state index in [2.05, 4.69) is 17.4 Å². The van der Waals surface area contributed by atoms with Crippen LogP contribution < -0.4 is 11.1 Å². The Morgan fingerprint density at radius 3 is 2.50 bits per heavy atom. The Hall–Kier alpha value is -1.10. The van der Waals surface area contributed by atoms with E-state index in [1.165, 1.54) is 5.56 Å². The molecule has 1 saturated carbocycles. The molecular formula is C17H23ClN2O2. The first-order chi connectivity index (χ1) is 10.6. The second-order valence-corrected chi connectivity index (χ2v) is 6.99. The summed E-state index contributed by atoms with van der Waals surface area (Å²) >= 11 is 5.92. The lowest BCUT2D eigenvalue weighted by Crippen LogP contribution is -2.52. The van der Waals surface area contributed by atoms with Crippen LogP contribution in [0.1, 0.15) is 37.2 Å². The average molecular weight is 323 g/mol. The highest BCUT2D eigenvalue weighted by molar-refractivity contribution is 6.30. The van der Waals surface area contributed by atoms with Gasteiger partial charge in [-0.3, -0.25) is 4.79 Å². The monoisotopic (exact) mass is 322 g/mol. The van der Waals surface area contributed by atoms with Crippen molar-refractivity contribution in [2.45, 2.75) is 37.6 Å². The van der Waals surface area contributed by atoms with Gasteiger partial charge in [0.25, 0.3) is 0 Å². The summed E-state index contributed by atoms with van der Waals surface area (Å²) in [6.07, 6.45) is 3.66. The number of hydrogen-bond acceptors (Lipinski definition) is 3. The van der Waals surface area contributed by atoms with Crippen molar-refractivity contribution in [2.24, 2.45) is 11.1 Å². The zero-order valence-corrected chi connectivity index (χ0v) is 13.4. The van der Waals surface area contributed by atoms with Crippen LogP contribution in [0.15, 0.2) is 24.3 Å². The number of benzene rings is 1. The number of halogens is 1. The van der Waals surface area contributed by atoms with Crippen LogP contribution in [0.2, 0.25) is 5.02 Å². The van der Waals surface area contributed by atoms with Crippen LogP contribution in [-0.2, 0) is 9.53 Å². The molecule has 3 rings (SSSR count). The average Bonchev–Trinajstić information content (AvgIpc) is 2.48. The van der Waals surface area contributed by atoms with Crippen molar-refractivity contribution in [1.29, 1.82) is 0 Å². The molecule has 0 unspecified atom stereocenters. The van der Waals surface area contributed by atoms with E-state index >= 15 is 0 Å². The standard InChI is InChI=1S/C17H23ClN2O2/c18-14-3-1-12(2-4-14)13-9-15(10-13)20-11-17(16(19)21)5-7-22-8-6-17/h1-4,13,15,20H,5-11H2,(H2,19,21). The fourth-order valence-electron chi connectivity index (χ4n) is 3.40. The van der Waals surface area contributed by atoms with Crippen LogP contribution in [0.5, 0.6) is 0 Å². The lowest BCUT2D eigenvalue weighted by Gasteiger charge is -2.40. The van der Waals surface area contributed by atoms with Crippen LogP contribution in [0.25, 0.3) is 0 Å². The molecule has 22 heavy (non-hydrogen) atoms. The Morgan fingerprint density at radius 2 is 1.91 bits per heavy atom. The van der Waals surface area contributed by atoms with Crippen molar-refractivity contribution >= 4 is 17.5 Å². The molecule has 0 bridgehead atoms. The molecule has 1 aromatic carbocycles. The summed E-state index contributed by atoms with van der Waals surface area (Å²) < 4.78 is 5.36. The molecule has 0 radical (unpaired) electrons. The number of nitrogens with one attached hydrogen (secondary N) is 1. The molecule has 1 amide bonds. The minimum absolute atomic E-state index is 0.197. The maximum absolute atomic E-state index is 11.8. The number of hydrogen-bond donors (Lipinski definition) is 2. The summed E-state index contributed by atoms with van der Waals surface area (Å²) in [6.45, 7) is 1.93. The fraction of sp³-hybridized carbons (Fsp3) is 0.588. The number of rotatable bonds is 5. The van der Waals surface area contributed by atoms with Gasteiger partial charge in [0, 0.05) is 30.8 Å². The van der Waals surface area contributed by atoms with Gasteiger partial charge in [0.2, 0.25) is 5.91 Å². The molecule has 1 aromatic rings. The lowest BCUT2D eigenvalue weighted by molar-refractivity contribution is -0.133. The summed E-state index contributed by atoms with van der Waals surface area (Å²) in [7, 11) is 0. The first kappa shape index (κ1) is 15.8. The molecule has 0 spiro atoms. The van der Waals surface area contributed by atoms with E-state index in [4.69, 9.17) is 22.1 Å². The minimum atomic E-state index is -0.427. The van der Waals surface area contributed by atoms with Crippen molar-refractivity contribution in [3.8, 4) is 0 Å². The van der Waals surface area contributed by atoms with E-state index in [9.17, 15) is 4.79 Å². The smallest absolute Gasteiger partial charge is 0.225 e. The minimum Gasteiger partial charge on any atom is -0.381 e. The number of ether oxygens (including phenoxy) is 1. The zero-order valence-electron chi connectivity index (χ0n) is 12.7. The third-order valence-electron chi connectivity index (χ3n) is 5.18. The Balaban J connectivity index is 1.49. The van der Waals surface area contributed by atoms with Gasteiger partial charge in [0.05, 0.1) is 5.41 Å². The van der Waals surface area contributed by atoms with Crippen LogP contribution in [-0.4, -0.2) is 31.7 Å². The predicted molar refractivity (Wildman–Crippen MR) is 86.9 cm³/mol. The van der Waals surface area contributed by atoms with Crippen molar-refractivity contribution in [1.82, 2.24) is 5.32 Å². The van der Waals surface area contributed by atoms with Gasteiger partial charge in [0.15, 0.2) is 0 Å². The van der Waals surface area contributed by atoms with Crippen molar-refractivity contribution in [3.05, 3.63) is 34.9 Å². The summed E-state index contributed by atoms with van der Waals surface area (Å²) in [5.41, 5.74) is 6.55. The molecule has 0 atom stereocenters. The van der Waals surface area contributed by atoms with Gasteiger partial charge in [-0.25, -0.2) is 0 Å². The van der Waals surface area contributed by atoms with Gasteiger partial charge in [-0.15, -0.1) is 0 Å². The lowest BCUT2D eigenvalue weighted by atomic mass is 9.74. The molecule has 2 fully saturated rings. The summed E-state index contributed by atoms with van der Waals surface area (Å²) in [6, 6.07) is 8.57. The highest BCUT2D eigenvalue weighted by Crippen LogP contribution is 2.38. The van der Waals surface area contributed by atoms with Crippen LogP contribution in [0, 0.1) is 5.41 Å². The SMILES string of the molecule is NC(=O)C1(CNC2CC(c3ccc(Cl)cc3)C2)CCOCC1. The van der Waals surface area contributed by atoms with E-state index < -0.39 is 5.41 Å². The predicted octanol–water partition coefficient (Wildman–Crippen LogP) is 2.46. The molecule has 2 aliphatic rings. The van der Waals surface area contributed by atoms with Gasteiger partial charge in [-0.2, -0.15) is 0 Å². The second-order valence-electron chi connectivity index (χ2n) is 6.55. The van der Waals surface area contributed by atoms with Gasteiger partial charge in [-0.1, -0.05) is 23.7 Å². The molecule has 120 valence electrons. The number of amides is 1. The van der Waals surface area contributed by atoms with Crippen LogP contribution >= 0.6 is 11.6 Å². The first-order valence-corrected chi connectivity index (χ1v) is 8.33. The Bertz CT molecular complexity index is 520. The number of carbonyl (C=O) groups is 1. The quantitative estimate of drug-likeness (QED) is 0.875. The molecule has 1 heterocycles. The maximum atomic E-state index is 11.8. The third-order valence-corrected chi connectivity index (χ3v) is 5.43. The maximum Gasteiger partial charge on any atom is 0.225 e. The molecule has 5 heteroatoms. The van der Waals surface area contributed by atoms with E-state index in [1.54, 1.807) is 0 Å². The van der Waals surface area contributed by atoms with Crippen LogP contribution in [0.4, 0.5) is 0 Å². The molecule has 1 saturated heterocycles. The van der Waals surface area contributed by atoms with Crippen molar-refractivity contribution in [2.75, 3.05) is 19.8 Å². The molecule has 1 aliphatic heterocycles. The normalized spacial score (nSPS) is 27.1. The molecule has 3 N–H and O–H groups in total. The summed E-state index contributed by atoms with van der Waals surface area (Å²) in [5.74, 6) is 0.394. The highest BCUT2D eigenvalue weighted by Gasteiger charge is 2.40. The van der Waals surface area contributed by atoms with Gasteiger partial charge in [0.1, 0.15) is 0 Å². The largest absolute Gasteiger partial charge is 0.381 e. The summed E-state index contributed by atoms with van der Waals surface area (Å²) in [5, 5.41) is 4.32. The van der Waals surface area contributed by atoms with Gasteiger partial charge >= 0.3 is 0 Å². The van der Waals surface area contributed by atoms with Crippen molar-refractivity contribution in [3.63, 3.8) is 0 Å². The number of nitrogens with two attached hydrogens (primary N) is 1. The third kappa shape index (κ3) is 3.29.